The molecule has 1 amide bonds. The molecule has 1 heterocycles. The van der Waals surface area contributed by atoms with Crippen LogP contribution in [0.2, 0.25) is 0 Å². The van der Waals surface area contributed by atoms with Crippen molar-refractivity contribution in [2.24, 2.45) is 0 Å². The van der Waals surface area contributed by atoms with Crippen molar-refractivity contribution >= 4 is 11.6 Å². The second-order valence-electron chi connectivity index (χ2n) is 4.56. The van der Waals surface area contributed by atoms with Gasteiger partial charge in [0, 0.05) is 17.3 Å². The van der Waals surface area contributed by atoms with Gasteiger partial charge < -0.3 is 15.6 Å². The Balaban J connectivity index is 2.02. The largest absolute Gasteiger partial charge is 0.399 e. The Morgan fingerprint density at radius 3 is 2.95 bits per heavy atom. The van der Waals surface area contributed by atoms with Crippen LogP contribution in [0, 0.1) is 0 Å². The van der Waals surface area contributed by atoms with Gasteiger partial charge in [0.1, 0.15) is 6.33 Å². The van der Waals surface area contributed by atoms with E-state index in [0.717, 1.165) is 5.82 Å². The van der Waals surface area contributed by atoms with E-state index < -0.39 is 0 Å². The maximum atomic E-state index is 11.9. The summed E-state index contributed by atoms with van der Waals surface area (Å²) < 4.78 is 1.92. The predicted octanol–water partition coefficient (Wildman–Crippen LogP) is 1.37. The van der Waals surface area contributed by atoms with Gasteiger partial charge in [0.25, 0.3) is 5.91 Å². The van der Waals surface area contributed by atoms with Gasteiger partial charge in [-0.05, 0) is 32.0 Å². The van der Waals surface area contributed by atoms with E-state index in [4.69, 9.17) is 5.73 Å². The molecule has 100 valence electrons. The number of carbonyl (C=O) groups is 1. The molecule has 6 heteroatoms. The fourth-order valence-corrected chi connectivity index (χ4v) is 1.77. The molecule has 3 N–H and O–H groups in total. The summed E-state index contributed by atoms with van der Waals surface area (Å²) in [6, 6.07) is 7.11. The van der Waals surface area contributed by atoms with Crippen LogP contribution in [0.1, 0.15) is 36.1 Å². The molecule has 0 fully saturated rings. The first kappa shape index (κ1) is 13.1. The number of amides is 1. The van der Waals surface area contributed by atoms with E-state index in [1.807, 2.05) is 18.4 Å². The van der Waals surface area contributed by atoms with Crippen LogP contribution in [0.5, 0.6) is 0 Å². The third-order valence-corrected chi connectivity index (χ3v) is 2.76. The van der Waals surface area contributed by atoms with Crippen LogP contribution in [0.15, 0.2) is 30.6 Å². The van der Waals surface area contributed by atoms with Gasteiger partial charge in [-0.3, -0.25) is 4.79 Å². The second kappa shape index (κ2) is 5.51. The van der Waals surface area contributed by atoms with Crippen molar-refractivity contribution in [3.05, 3.63) is 42.0 Å². The first-order valence-corrected chi connectivity index (χ1v) is 6.10. The Labute approximate surface area is 111 Å². The highest BCUT2D eigenvalue weighted by molar-refractivity contribution is 5.94. The number of carbonyl (C=O) groups excluding carboxylic acids is 1. The lowest BCUT2D eigenvalue weighted by molar-refractivity contribution is 0.0949. The summed E-state index contributed by atoms with van der Waals surface area (Å²) in [6.07, 6.45) is 1.66. The van der Waals surface area contributed by atoms with Crippen molar-refractivity contribution in [2.75, 3.05) is 5.73 Å². The minimum atomic E-state index is -0.175. The maximum Gasteiger partial charge on any atom is 0.251 e. The van der Waals surface area contributed by atoms with E-state index in [0.29, 0.717) is 17.8 Å². The zero-order chi connectivity index (χ0) is 13.8. The molecule has 0 radical (unpaired) electrons. The van der Waals surface area contributed by atoms with Gasteiger partial charge in [0.15, 0.2) is 5.82 Å². The molecule has 0 aliphatic rings. The van der Waals surface area contributed by atoms with Gasteiger partial charge in [-0.1, -0.05) is 6.07 Å². The monoisotopic (exact) mass is 259 g/mol. The minimum absolute atomic E-state index is 0.175. The zero-order valence-electron chi connectivity index (χ0n) is 11.0. The predicted molar refractivity (Wildman–Crippen MR) is 72.4 cm³/mol. The fourth-order valence-electron chi connectivity index (χ4n) is 1.77. The van der Waals surface area contributed by atoms with E-state index in [9.17, 15) is 4.79 Å². The molecule has 0 atom stereocenters. The molecule has 0 saturated heterocycles. The standard InChI is InChI=1S/C13H17N5O/c1-9(2)18-8-16-17-12(18)7-15-13(19)10-4-3-5-11(14)6-10/h3-6,8-9H,7,14H2,1-2H3,(H,15,19). The van der Waals surface area contributed by atoms with Gasteiger partial charge in [0.05, 0.1) is 6.54 Å². The normalized spacial score (nSPS) is 10.7. The summed E-state index contributed by atoms with van der Waals surface area (Å²) in [6.45, 7) is 4.41. The number of nitrogens with two attached hydrogens (primary N) is 1. The highest BCUT2D eigenvalue weighted by atomic mass is 16.1. The van der Waals surface area contributed by atoms with Crippen molar-refractivity contribution in [1.82, 2.24) is 20.1 Å². The number of anilines is 1. The fraction of sp³-hybridized carbons (Fsp3) is 0.308. The second-order valence-corrected chi connectivity index (χ2v) is 4.56. The van der Waals surface area contributed by atoms with Crippen molar-refractivity contribution in [3.63, 3.8) is 0 Å². The Morgan fingerprint density at radius 2 is 2.26 bits per heavy atom. The summed E-state index contributed by atoms with van der Waals surface area (Å²) in [4.78, 5) is 11.9. The molecule has 6 nitrogen and oxygen atoms in total. The minimum Gasteiger partial charge on any atom is -0.399 e. The van der Waals surface area contributed by atoms with E-state index in [-0.39, 0.29) is 11.9 Å². The number of rotatable bonds is 4. The van der Waals surface area contributed by atoms with Crippen LogP contribution in [0.3, 0.4) is 0 Å². The van der Waals surface area contributed by atoms with Gasteiger partial charge in [-0.15, -0.1) is 10.2 Å². The smallest absolute Gasteiger partial charge is 0.251 e. The molecular formula is C13H17N5O. The molecule has 2 rings (SSSR count). The molecule has 19 heavy (non-hydrogen) atoms. The van der Waals surface area contributed by atoms with E-state index in [1.54, 1.807) is 30.6 Å². The Kier molecular flexibility index (Phi) is 3.79. The number of nitrogens with one attached hydrogen (secondary N) is 1. The van der Waals surface area contributed by atoms with Crippen molar-refractivity contribution < 1.29 is 4.79 Å². The average Bonchev–Trinajstić information content (AvgIpc) is 2.84. The van der Waals surface area contributed by atoms with Crippen LogP contribution in [-0.2, 0) is 6.54 Å². The summed E-state index contributed by atoms with van der Waals surface area (Å²) in [7, 11) is 0. The van der Waals surface area contributed by atoms with E-state index in [1.165, 1.54) is 0 Å². The molecule has 1 aromatic carbocycles. The summed E-state index contributed by atoms with van der Waals surface area (Å²) in [5.41, 5.74) is 6.75. The van der Waals surface area contributed by atoms with Gasteiger partial charge in [-0.25, -0.2) is 0 Å². The molecule has 0 saturated carbocycles. The Morgan fingerprint density at radius 1 is 1.47 bits per heavy atom. The SMILES string of the molecule is CC(C)n1cnnc1CNC(=O)c1cccc(N)c1. The van der Waals surface area contributed by atoms with Gasteiger partial charge in [-0.2, -0.15) is 0 Å². The molecule has 0 aliphatic carbocycles. The number of nitrogens with zero attached hydrogens (tertiary/aromatic N) is 3. The summed E-state index contributed by atoms with van der Waals surface area (Å²) in [5.74, 6) is 0.554. The van der Waals surface area contributed by atoms with Crippen LogP contribution in [0.25, 0.3) is 0 Å². The number of aromatic nitrogens is 3. The van der Waals surface area contributed by atoms with Crippen molar-refractivity contribution in [2.45, 2.75) is 26.4 Å². The average molecular weight is 259 g/mol. The number of hydrogen-bond acceptors (Lipinski definition) is 4. The lowest BCUT2D eigenvalue weighted by Gasteiger charge is -2.10. The van der Waals surface area contributed by atoms with E-state index >= 15 is 0 Å². The van der Waals surface area contributed by atoms with Crippen molar-refractivity contribution in [3.8, 4) is 0 Å². The lowest BCUT2D eigenvalue weighted by atomic mass is 10.2. The maximum absolute atomic E-state index is 11.9. The third kappa shape index (κ3) is 3.09. The summed E-state index contributed by atoms with van der Waals surface area (Å²) in [5, 5.41) is 10.7. The van der Waals surface area contributed by atoms with Crippen LogP contribution >= 0.6 is 0 Å². The third-order valence-electron chi connectivity index (χ3n) is 2.76. The zero-order valence-corrected chi connectivity index (χ0v) is 11.0. The molecule has 0 bridgehead atoms. The molecule has 0 spiro atoms. The first-order chi connectivity index (χ1) is 9.08. The highest BCUT2D eigenvalue weighted by Crippen LogP contribution is 2.08. The van der Waals surface area contributed by atoms with Crippen LogP contribution < -0.4 is 11.1 Å². The lowest BCUT2D eigenvalue weighted by Crippen LogP contribution is -2.25. The number of benzene rings is 1. The van der Waals surface area contributed by atoms with Crippen molar-refractivity contribution in [1.29, 1.82) is 0 Å². The Hall–Kier alpha value is -2.37. The van der Waals surface area contributed by atoms with Gasteiger partial charge >= 0.3 is 0 Å². The topological polar surface area (TPSA) is 85.8 Å². The van der Waals surface area contributed by atoms with E-state index in [2.05, 4.69) is 15.5 Å². The molecule has 1 aromatic heterocycles. The quantitative estimate of drug-likeness (QED) is 0.812. The first-order valence-electron chi connectivity index (χ1n) is 6.10. The number of nitrogen functional groups attached to an aromatic ring is 1. The van der Waals surface area contributed by atoms with Crippen LogP contribution in [-0.4, -0.2) is 20.7 Å². The summed E-state index contributed by atoms with van der Waals surface area (Å²) >= 11 is 0. The highest BCUT2D eigenvalue weighted by Gasteiger charge is 2.10. The molecular weight excluding hydrogens is 242 g/mol. The Bertz CT molecular complexity index is 576. The molecule has 2 aromatic rings. The molecule has 0 aliphatic heterocycles. The van der Waals surface area contributed by atoms with Crippen LogP contribution in [0.4, 0.5) is 5.69 Å². The molecule has 0 unspecified atom stereocenters. The number of hydrogen-bond donors (Lipinski definition) is 2. The van der Waals surface area contributed by atoms with Gasteiger partial charge in [0.2, 0.25) is 0 Å².